The van der Waals surface area contributed by atoms with E-state index in [1.165, 1.54) is 0 Å². The van der Waals surface area contributed by atoms with Crippen molar-refractivity contribution in [3.05, 3.63) is 34.9 Å². The van der Waals surface area contributed by atoms with Crippen molar-refractivity contribution in [1.29, 1.82) is 0 Å². The lowest BCUT2D eigenvalue weighted by atomic mass is 10.1. The van der Waals surface area contributed by atoms with Gasteiger partial charge in [-0.3, -0.25) is 0 Å². The Morgan fingerprint density at radius 3 is 2.50 bits per heavy atom. The maximum absolute atomic E-state index is 11.5. The van der Waals surface area contributed by atoms with Crippen LogP contribution in [0.2, 0.25) is 5.02 Å². The first-order valence-electron chi connectivity index (χ1n) is 5.48. The Bertz CT molecular complexity index is 385. The van der Waals surface area contributed by atoms with Crippen molar-refractivity contribution in [2.75, 3.05) is 6.54 Å². The third-order valence-electron chi connectivity index (χ3n) is 2.84. The lowest BCUT2D eigenvalue weighted by Gasteiger charge is -2.18. The summed E-state index contributed by atoms with van der Waals surface area (Å²) in [6, 6.07) is 7.56. The van der Waals surface area contributed by atoms with Crippen LogP contribution >= 0.6 is 11.6 Å². The van der Waals surface area contributed by atoms with Gasteiger partial charge in [0, 0.05) is 11.6 Å². The quantitative estimate of drug-likeness (QED) is 0.835. The van der Waals surface area contributed by atoms with Crippen molar-refractivity contribution in [2.24, 2.45) is 0 Å². The largest absolute Gasteiger partial charge is 0.338 e. The van der Waals surface area contributed by atoms with Gasteiger partial charge in [0.05, 0.1) is 5.54 Å². The molecule has 0 unspecified atom stereocenters. The van der Waals surface area contributed by atoms with Gasteiger partial charge < -0.3 is 10.6 Å². The maximum Gasteiger partial charge on any atom is 0.315 e. The van der Waals surface area contributed by atoms with Gasteiger partial charge in [-0.05, 0) is 37.5 Å². The summed E-state index contributed by atoms with van der Waals surface area (Å²) in [4.78, 5) is 11.5. The summed E-state index contributed by atoms with van der Waals surface area (Å²) < 4.78 is 0. The molecule has 0 heterocycles. The molecule has 1 aromatic carbocycles. The highest BCUT2D eigenvalue weighted by Gasteiger charge is 2.45. The van der Waals surface area contributed by atoms with Crippen LogP contribution in [0.15, 0.2) is 24.3 Å². The van der Waals surface area contributed by atoms with E-state index in [1.807, 2.05) is 31.2 Å². The standard InChI is InChI=1S/C12H15ClN2O/c1-2-14-11(16)15-12(7-8-12)9-3-5-10(13)6-4-9/h3-6H,2,7-8H2,1H3,(H2,14,15,16). The average molecular weight is 239 g/mol. The summed E-state index contributed by atoms with van der Waals surface area (Å²) in [6.45, 7) is 2.55. The molecule has 4 heteroatoms. The molecule has 0 atom stereocenters. The second-order valence-corrected chi connectivity index (χ2v) is 4.51. The number of rotatable bonds is 3. The fraction of sp³-hybridized carbons (Fsp3) is 0.417. The molecule has 2 amide bonds. The minimum atomic E-state index is -0.163. The van der Waals surface area contributed by atoms with E-state index >= 15 is 0 Å². The molecule has 0 bridgehead atoms. The third kappa shape index (κ3) is 2.30. The van der Waals surface area contributed by atoms with Gasteiger partial charge in [0.15, 0.2) is 0 Å². The van der Waals surface area contributed by atoms with Crippen LogP contribution in [0.5, 0.6) is 0 Å². The Morgan fingerprint density at radius 1 is 1.38 bits per heavy atom. The van der Waals surface area contributed by atoms with E-state index in [4.69, 9.17) is 11.6 Å². The molecule has 2 N–H and O–H groups in total. The monoisotopic (exact) mass is 238 g/mol. The normalized spacial score (nSPS) is 16.6. The molecule has 0 saturated heterocycles. The molecule has 0 aliphatic heterocycles. The number of hydrogen-bond acceptors (Lipinski definition) is 1. The highest BCUT2D eigenvalue weighted by atomic mass is 35.5. The van der Waals surface area contributed by atoms with Crippen molar-refractivity contribution in [3.63, 3.8) is 0 Å². The SMILES string of the molecule is CCNC(=O)NC1(c2ccc(Cl)cc2)CC1. The Morgan fingerprint density at radius 2 is 2.00 bits per heavy atom. The maximum atomic E-state index is 11.5. The lowest BCUT2D eigenvalue weighted by molar-refractivity contribution is 0.236. The molecular weight excluding hydrogens is 224 g/mol. The van der Waals surface area contributed by atoms with Crippen molar-refractivity contribution < 1.29 is 4.79 Å². The number of carbonyl (C=O) groups is 1. The van der Waals surface area contributed by atoms with Crippen LogP contribution in [0.3, 0.4) is 0 Å². The molecule has 0 aromatic heterocycles. The number of amides is 2. The molecule has 16 heavy (non-hydrogen) atoms. The van der Waals surface area contributed by atoms with Crippen LogP contribution in [0.1, 0.15) is 25.3 Å². The Hall–Kier alpha value is -1.22. The smallest absolute Gasteiger partial charge is 0.315 e. The summed E-state index contributed by atoms with van der Waals surface area (Å²) in [7, 11) is 0. The minimum absolute atomic E-state index is 0.102. The highest BCUT2D eigenvalue weighted by molar-refractivity contribution is 6.30. The van der Waals surface area contributed by atoms with E-state index in [9.17, 15) is 4.79 Å². The van der Waals surface area contributed by atoms with Gasteiger partial charge in [0.1, 0.15) is 0 Å². The van der Waals surface area contributed by atoms with Gasteiger partial charge in [-0.2, -0.15) is 0 Å². The second kappa shape index (κ2) is 4.34. The number of nitrogens with one attached hydrogen (secondary N) is 2. The van der Waals surface area contributed by atoms with Gasteiger partial charge in [-0.25, -0.2) is 4.79 Å². The predicted molar refractivity (Wildman–Crippen MR) is 64.6 cm³/mol. The van der Waals surface area contributed by atoms with Crippen LogP contribution in [-0.4, -0.2) is 12.6 Å². The van der Waals surface area contributed by atoms with Crippen LogP contribution in [0, 0.1) is 0 Å². The Labute approximate surface area is 100 Å². The second-order valence-electron chi connectivity index (χ2n) is 4.07. The summed E-state index contributed by atoms with van der Waals surface area (Å²) in [5.41, 5.74) is 0.965. The summed E-state index contributed by atoms with van der Waals surface area (Å²) in [6.07, 6.45) is 1.98. The van der Waals surface area contributed by atoms with E-state index in [2.05, 4.69) is 10.6 Å². The van der Waals surface area contributed by atoms with Gasteiger partial charge in [0.25, 0.3) is 0 Å². The molecule has 86 valence electrons. The first kappa shape index (κ1) is 11.3. The molecule has 3 nitrogen and oxygen atoms in total. The molecule has 1 saturated carbocycles. The van der Waals surface area contributed by atoms with Crippen LogP contribution in [0.25, 0.3) is 0 Å². The fourth-order valence-corrected chi connectivity index (χ4v) is 1.93. The summed E-state index contributed by atoms with van der Waals surface area (Å²) >= 11 is 5.84. The van der Waals surface area contributed by atoms with E-state index in [0.717, 1.165) is 23.4 Å². The third-order valence-corrected chi connectivity index (χ3v) is 3.09. The van der Waals surface area contributed by atoms with Crippen molar-refractivity contribution >= 4 is 17.6 Å². The van der Waals surface area contributed by atoms with E-state index in [-0.39, 0.29) is 11.6 Å². The number of halogens is 1. The van der Waals surface area contributed by atoms with Gasteiger partial charge in [-0.15, -0.1) is 0 Å². The first-order valence-corrected chi connectivity index (χ1v) is 5.86. The van der Waals surface area contributed by atoms with Crippen LogP contribution < -0.4 is 10.6 Å². The highest BCUT2D eigenvalue weighted by Crippen LogP contribution is 2.45. The van der Waals surface area contributed by atoms with Crippen molar-refractivity contribution in [2.45, 2.75) is 25.3 Å². The number of hydrogen-bond donors (Lipinski definition) is 2. The number of benzene rings is 1. The molecule has 1 fully saturated rings. The van der Waals surface area contributed by atoms with E-state index in [1.54, 1.807) is 0 Å². The fourth-order valence-electron chi connectivity index (χ4n) is 1.80. The number of urea groups is 1. The van der Waals surface area contributed by atoms with Gasteiger partial charge >= 0.3 is 6.03 Å². The van der Waals surface area contributed by atoms with Crippen LogP contribution in [-0.2, 0) is 5.54 Å². The van der Waals surface area contributed by atoms with E-state index < -0.39 is 0 Å². The topological polar surface area (TPSA) is 41.1 Å². The molecule has 0 radical (unpaired) electrons. The van der Waals surface area contributed by atoms with Crippen molar-refractivity contribution in [3.8, 4) is 0 Å². The van der Waals surface area contributed by atoms with Gasteiger partial charge in [0.2, 0.25) is 0 Å². The predicted octanol–water partition coefficient (Wildman–Crippen LogP) is 2.65. The first-order chi connectivity index (χ1) is 7.66. The summed E-state index contributed by atoms with van der Waals surface area (Å²) in [5.74, 6) is 0. The molecule has 1 aliphatic carbocycles. The zero-order chi connectivity index (χ0) is 11.6. The number of carbonyl (C=O) groups excluding carboxylic acids is 1. The van der Waals surface area contributed by atoms with Gasteiger partial charge in [-0.1, -0.05) is 23.7 Å². The molecular formula is C12H15ClN2O. The lowest BCUT2D eigenvalue weighted by Crippen LogP contribution is -2.42. The van der Waals surface area contributed by atoms with E-state index in [0.29, 0.717) is 6.54 Å². The Kier molecular flexibility index (Phi) is 3.06. The Balaban J connectivity index is 2.08. The molecule has 1 aliphatic rings. The minimum Gasteiger partial charge on any atom is -0.338 e. The molecule has 1 aromatic rings. The molecule has 0 spiro atoms. The zero-order valence-electron chi connectivity index (χ0n) is 9.22. The zero-order valence-corrected chi connectivity index (χ0v) is 9.97. The van der Waals surface area contributed by atoms with Crippen LogP contribution in [0.4, 0.5) is 4.79 Å². The summed E-state index contributed by atoms with van der Waals surface area (Å²) in [5, 5.41) is 6.48. The average Bonchev–Trinajstić information content (AvgIpc) is 3.00. The molecule has 2 rings (SSSR count). The van der Waals surface area contributed by atoms with Crippen molar-refractivity contribution in [1.82, 2.24) is 10.6 Å².